The molecule has 21 nitrogen and oxygen atoms in total. The van der Waals surface area contributed by atoms with Gasteiger partial charge in [-0.05, 0) is 19.3 Å². The fourth-order valence-corrected chi connectivity index (χ4v) is 9.28. The first kappa shape index (κ1) is 31.1. The number of nitrogens with zero attached hydrogens (tertiary/aromatic N) is 7. The van der Waals surface area contributed by atoms with E-state index in [1.165, 1.54) is 23.5 Å². The van der Waals surface area contributed by atoms with Gasteiger partial charge in [0.1, 0.15) is 36.0 Å². The first-order valence-corrected chi connectivity index (χ1v) is 17.4. The molecule has 4 aliphatic rings. The Balaban J connectivity index is 1.15. The van der Waals surface area contributed by atoms with E-state index in [1.807, 2.05) is 0 Å². The Hall–Kier alpha value is -3.20. The maximum atomic E-state index is 13.6. The third kappa shape index (κ3) is 4.88. The Morgan fingerprint density at radius 3 is 2.60 bits per heavy atom. The molecule has 2 saturated carbocycles. The molecule has 0 radical (unpaired) electrons. The molecule has 6 heterocycles. The van der Waals surface area contributed by atoms with Gasteiger partial charge in [-0.2, -0.15) is 0 Å². The second-order valence-corrected chi connectivity index (χ2v) is 14.9. The molecule has 2 bridgehead atoms. The largest absolute Gasteiger partial charge is 0.472 e. The topological polar surface area (TPSA) is 294 Å². The van der Waals surface area contributed by atoms with Gasteiger partial charge in [0.05, 0.1) is 44.6 Å². The summed E-state index contributed by atoms with van der Waals surface area (Å²) in [4.78, 5) is 57.7. The van der Waals surface area contributed by atoms with Crippen molar-refractivity contribution in [2.45, 2.75) is 50.0 Å². The molecule has 252 valence electrons. The van der Waals surface area contributed by atoms with Gasteiger partial charge in [-0.1, -0.05) is 0 Å². The van der Waals surface area contributed by atoms with Crippen LogP contribution in [0.4, 0.5) is 5.82 Å². The van der Waals surface area contributed by atoms with E-state index in [0.29, 0.717) is 5.65 Å². The summed E-state index contributed by atoms with van der Waals surface area (Å²) in [6.07, 6.45) is -2.70. The number of phosphoric acid groups is 2. The number of fused-ring (bicyclic) bond motifs is 4. The van der Waals surface area contributed by atoms with Crippen molar-refractivity contribution in [1.82, 2.24) is 39.0 Å². The van der Waals surface area contributed by atoms with Crippen LogP contribution in [0.3, 0.4) is 0 Å². The van der Waals surface area contributed by atoms with E-state index in [0.717, 1.165) is 0 Å². The number of aromatic amines is 1. The summed E-state index contributed by atoms with van der Waals surface area (Å²) >= 11 is 0. The normalized spacial score (nSPS) is 40.4. The van der Waals surface area contributed by atoms with Crippen molar-refractivity contribution in [2.75, 3.05) is 25.6 Å². The van der Waals surface area contributed by atoms with Crippen molar-refractivity contribution in [2.24, 2.45) is 17.3 Å². The minimum absolute atomic E-state index is 0.0524. The van der Waals surface area contributed by atoms with Crippen molar-refractivity contribution in [3.8, 4) is 0 Å². The van der Waals surface area contributed by atoms with Crippen LogP contribution in [-0.4, -0.2) is 103 Å². The van der Waals surface area contributed by atoms with E-state index < -0.39 is 95.0 Å². The molecule has 0 aromatic carbocycles. The van der Waals surface area contributed by atoms with Crippen molar-refractivity contribution >= 4 is 43.8 Å². The lowest BCUT2D eigenvalue weighted by molar-refractivity contribution is -0.0662. The van der Waals surface area contributed by atoms with E-state index in [4.69, 9.17) is 28.6 Å². The Morgan fingerprint density at radius 2 is 1.81 bits per heavy atom. The van der Waals surface area contributed by atoms with Gasteiger partial charge in [0, 0.05) is 11.3 Å². The van der Waals surface area contributed by atoms with Crippen LogP contribution < -0.4 is 11.3 Å². The van der Waals surface area contributed by atoms with E-state index in [2.05, 4.69) is 29.9 Å². The third-order valence-electron chi connectivity index (χ3n) is 9.46. The number of anilines is 1. The Morgan fingerprint density at radius 1 is 1.06 bits per heavy atom. The van der Waals surface area contributed by atoms with Gasteiger partial charge < -0.3 is 40.0 Å². The highest BCUT2D eigenvalue weighted by molar-refractivity contribution is 7.47. The van der Waals surface area contributed by atoms with Crippen LogP contribution in [0.2, 0.25) is 0 Å². The first-order chi connectivity index (χ1) is 22.3. The molecule has 47 heavy (non-hydrogen) atoms. The molecular weight excluding hydrogens is 668 g/mol. The second-order valence-electron chi connectivity index (χ2n) is 12.1. The number of aromatic nitrogens is 8. The number of H-pyrrole nitrogens is 1. The predicted molar refractivity (Wildman–Crippen MR) is 154 cm³/mol. The summed E-state index contributed by atoms with van der Waals surface area (Å²) in [6.45, 7) is -0.310. The minimum Gasteiger partial charge on any atom is -0.396 e. The van der Waals surface area contributed by atoms with Crippen LogP contribution in [0, 0.1) is 24.2 Å². The van der Waals surface area contributed by atoms with Gasteiger partial charge >= 0.3 is 15.6 Å². The van der Waals surface area contributed by atoms with E-state index >= 15 is 0 Å². The Kier molecular flexibility index (Phi) is 7.04. The van der Waals surface area contributed by atoms with Gasteiger partial charge in [-0.15, -0.1) is 0 Å². The van der Waals surface area contributed by atoms with Gasteiger partial charge in [-0.25, -0.2) is 34.0 Å². The monoisotopic (exact) mass is 697 g/mol. The fraction of sp³-hybridized carbons (Fsp3) is 0.583. The molecule has 2 aliphatic heterocycles. The summed E-state index contributed by atoms with van der Waals surface area (Å²) < 4.78 is 58.0. The maximum absolute atomic E-state index is 13.6. The standard InChI is InChI=1S/C24H29N9O12P2/c1-9-30-21-14(22(36)31-9)29-8-33(21)23-17-10(3-34)12(43-23)4-41-46(37,38)45-18-16(35)15(11-2-24(11,18)5-42-47(39,40)44-17)32-7-28-13-19(25)26-6-27-20(13)32/h6-8,10-12,15-18,23,34-35H,2-5H2,1H3,(H,37,38)(H,39,40)(H2,25,26,27)(H,30,31,36)/t10-,11-,12-,15-,16+,17-,18+,23-,24+/m1/s1. The number of hydrogen-bond donors (Lipinski definition) is 6. The zero-order chi connectivity index (χ0) is 33.0. The summed E-state index contributed by atoms with van der Waals surface area (Å²) in [5.74, 6) is -1.24. The zero-order valence-electron chi connectivity index (χ0n) is 24.3. The van der Waals surface area contributed by atoms with Crippen LogP contribution in [0.1, 0.15) is 24.5 Å². The number of phosphoric ester groups is 2. The van der Waals surface area contributed by atoms with E-state index in [1.54, 1.807) is 11.5 Å². The van der Waals surface area contributed by atoms with Gasteiger partial charge in [-0.3, -0.25) is 27.5 Å². The summed E-state index contributed by atoms with van der Waals surface area (Å²) in [5, 5.41) is 21.8. The highest BCUT2D eigenvalue weighted by atomic mass is 31.2. The highest BCUT2D eigenvalue weighted by Crippen LogP contribution is 2.72. The molecule has 4 fully saturated rings. The van der Waals surface area contributed by atoms with Gasteiger partial charge in [0.25, 0.3) is 5.56 Å². The van der Waals surface area contributed by atoms with E-state index in [9.17, 15) is 33.9 Å². The summed E-state index contributed by atoms with van der Waals surface area (Å²) in [6, 6.07) is -0.814. The molecule has 2 saturated heterocycles. The molecule has 2 aliphatic carbocycles. The molecule has 23 heteroatoms. The summed E-state index contributed by atoms with van der Waals surface area (Å²) in [7, 11) is -9.95. The Labute approximate surface area is 262 Å². The quantitative estimate of drug-likeness (QED) is 0.144. The van der Waals surface area contributed by atoms with Crippen LogP contribution in [0.15, 0.2) is 23.8 Å². The predicted octanol–water partition coefficient (Wildman–Crippen LogP) is -0.704. The molecule has 11 atom stereocenters. The van der Waals surface area contributed by atoms with Crippen molar-refractivity contribution in [3.63, 3.8) is 0 Å². The number of aliphatic hydroxyl groups excluding tert-OH is 2. The molecule has 8 rings (SSSR count). The number of nitrogens with one attached hydrogen (secondary N) is 1. The fourth-order valence-electron chi connectivity index (χ4n) is 7.23. The molecule has 4 aromatic heterocycles. The number of nitrogens with two attached hydrogens (primary N) is 1. The molecule has 7 N–H and O–H groups in total. The lowest BCUT2D eigenvalue weighted by Crippen LogP contribution is -2.38. The number of rotatable bonds is 3. The Bertz CT molecular complexity index is 2060. The number of ether oxygens (including phenoxy) is 1. The smallest absolute Gasteiger partial charge is 0.396 e. The lowest BCUT2D eigenvalue weighted by Gasteiger charge is -2.30. The average Bonchev–Trinajstić information content (AvgIpc) is 3.30. The molecular formula is C24H29N9O12P2. The summed E-state index contributed by atoms with van der Waals surface area (Å²) in [5.41, 5.74) is 4.74. The van der Waals surface area contributed by atoms with Gasteiger partial charge in [0.15, 0.2) is 28.9 Å². The molecule has 4 aromatic rings. The van der Waals surface area contributed by atoms with Crippen LogP contribution >= 0.6 is 15.6 Å². The number of aliphatic hydroxyl groups is 2. The maximum Gasteiger partial charge on any atom is 0.472 e. The third-order valence-corrected chi connectivity index (χ3v) is 11.4. The van der Waals surface area contributed by atoms with Gasteiger partial charge in [0.2, 0.25) is 0 Å². The van der Waals surface area contributed by atoms with Crippen molar-refractivity contribution in [1.29, 1.82) is 0 Å². The van der Waals surface area contributed by atoms with Crippen molar-refractivity contribution in [3.05, 3.63) is 35.2 Å². The van der Waals surface area contributed by atoms with Crippen molar-refractivity contribution < 1.29 is 52.0 Å². The lowest BCUT2D eigenvalue weighted by atomic mass is 9.99. The number of aryl methyl sites for hydroxylation is 1. The minimum atomic E-state index is -4.99. The SMILES string of the molecule is Cc1nc2c(ncn2[C@@H]2O[C@@H]3COP(=O)(O)O[C@H]4[C@@H](O)[C@H](n5cnc6c(N)ncnc65)[C@H]5C[C@]54COP(=O)(O)O[C@@H]2[C@@H]3CO)c(=O)[nH]1. The van der Waals surface area contributed by atoms with Crippen LogP contribution in [-0.2, 0) is 32.0 Å². The second kappa shape index (κ2) is 10.6. The van der Waals surface area contributed by atoms with Crippen LogP contribution in [0.25, 0.3) is 22.3 Å². The number of imidazole rings is 2. The van der Waals surface area contributed by atoms with Crippen LogP contribution in [0.5, 0.6) is 0 Å². The first-order valence-electron chi connectivity index (χ1n) is 14.4. The average molecular weight is 697 g/mol. The number of hydrogen-bond acceptors (Lipinski definition) is 16. The molecule has 2 unspecified atom stereocenters. The molecule has 0 amide bonds. The highest BCUT2D eigenvalue weighted by Gasteiger charge is 2.74. The zero-order valence-corrected chi connectivity index (χ0v) is 26.1. The number of nitrogen functional groups attached to an aromatic ring is 1. The van der Waals surface area contributed by atoms with E-state index in [-0.39, 0.29) is 34.7 Å². The molecule has 1 spiro atoms.